The van der Waals surface area contributed by atoms with Crippen LogP contribution in [0, 0.1) is 0 Å². The van der Waals surface area contributed by atoms with Crippen LogP contribution in [0.5, 0.6) is 0 Å². The van der Waals surface area contributed by atoms with E-state index in [1.54, 1.807) is 0 Å². The van der Waals surface area contributed by atoms with Gasteiger partial charge in [-0.1, -0.05) is 18.6 Å². The van der Waals surface area contributed by atoms with Crippen molar-refractivity contribution in [1.29, 1.82) is 0 Å². The second-order valence-electron chi connectivity index (χ2n) is 4.17. The lowest BCUT2D eigenvalue weighted by Crippen LogP contribution is -2.20. The van der Waals surface area contributed by atoms with Crippen LogP contribution in [-0.4, -0.2) is 23.1 Å². The molecule has 0 saturated heterocycles. The first-order valence-corrected chi connectivity index (χ1v) is 8.06. The minimum atomic E-state index is -0.879. The number of halogens is 1. The van der Waals surface area contributed by atoms with Crippen LogP contribution < -0.4 is 5.32 Å². The molecule has 0 aliphatic carbocycles. The lowest BCUT2D eigenvalue weighted by Gasteiger charge is -2.09. The van der Waals surface area contributed by atoms with Crippen molar-refractivity contribution < 1.29 is 4.21 Å². The van der Waals surface area contributed by atoms with E-state index in [0.29, 0.717) is 6.04 Å². The van der Waals surface area contributed by atoms with E-state index in [9.17, 15) is 4.21 Å². The first-order valence-electron chi connectivity index (χ1n) is 5.95. The zero-order chi connectivity index (χ0) is 12.7. The first kappa shape index (κ1) is 14.9. The van der Waals surface area contributed by atoms with Crippen LogP contribution in [0.25, 0.3) is 0 Å². The second-order valence-corrected chi connectivity index (χ2v) is 6.56. The summed E-state index contributed by atoms with van der Waals surface area (Å²) in [7, 11) is 1.10. The Bertz CT molecular complexity index is 370. The van der Waals surface area contributed by atoms with Gasteiger partial charge in [0, 0.05) is 16.3 Å². The molecule has 2 nitrogen and oxygen atoms in total. The zero-order valence-corrected chi connectivity index (χ0v) is 12.8. The van der Waals surface area contributed by atoms with E-state index in [0.717, 1.165) is 34.4 Å². The first-order chi connectivity index (χ1) is 8.15. The van der Waals surface area contributed by atoms with Gasteiger partial charge < -0.3 is 5.32 Å². The quantitative estimate of drug-likeness (QED) is 0.781. The SMILES string of the molecule is CNC(C)CCCCS(=O)c1ccccc1Br. The van der Waals surface area contributed by atoms with Crippen LogP contribution in [0.15, 0.2) is 33.6 Å². The van der Waals surface area contributed by atoms with Crippen LogP contribution in [0.4, 0.5) is 0 Å². The number of nitrogens with one attached hydrogen (secondary N) is 1. The van der Waals surface area contributed by atoms with Gasteiger partial charge in [0.2, 0.25) is 0 Å². The van der Waals surface area contributed by atoms with Crippen LogP contribution in [0.1, 0.15) is 26.2 Å². The average Bonchev–Trinajstić information content (AvgIpc) is 2.34. The molecule has 0 radical (unpaired) electrons. The molecule has 0 aliphatic rings. The Kier molecular flexibility index (Phi) is 7.00. The Hall–Kier alpha value is -0.190. The normalized spacial score (nSPS) is 14.5. The van der Waals surface area contributed by atoms with Gasteiger partial charge in [-0.05, 0) is 54.9 Å². The molecule has 17 heavy (non-hydrogen) atoms. The van der Waals surface area contributed by atoms with Crippen LogP contribution in [0.3, 0.4) is 0 Å². The monoisotopic (exact) mass is 317 g/mol. The summed E-state index contributed by atoms with van der Waals surface area (Å²) < 4.78 is 13.0. The van der Waals surface area contributed by atoms with Crippen molar-refractivity contribution in [2.75, 3.05) is 12.8 Å². The summed E-state index contributed by atoms with van der Waals surface area (Å²) in [6, 6.07) is 8.29. The molecule has 1 rings (SSSR count). The van der Waals surface area contributed by atoms with Crippen LogP contribution in [-0.2, 0) is 10.8 Å². The highest BCUT2D eigenvalue weighted by Gasteiger charge is 2.07. The van der Waals surface area contributed by atoms with Gasteiger partial charge in [-0.25, -0.2) is 0 Å². The van der Waals surface area contributed by atoms with Gasteiger partial charge in [0.05, 0.1) is 15.7 Å². The minimum absolute atomic E-state index is 0.548. The molecule has 0 saturated carbocycles. The Morgan fingerprint density at radius 2 is 2.06 bits per heavy atom. The van der Waals surface area contributed by atoms with Crippen LogP contribution in [0.2, 0.25) is 0 Å². The van der Waals surface area contributed by atoms with E-state index in [1.807, 2.05) is 31.3 Å². The maximum atomic E-state index is 12.0. The maximum absolute atomic E-state index is 12.0. The van der Waals surface area contributed by atoms with Crippen LogP contribution >= 0.6 is 15.9 Å². The summed E-state index contributed by atoms with van der Waals surface area (Å²) in [5.41, 5.74) is 0. The fourth-order valence-electron chi connectivity index (χ4n) is 1.57. The molecule has 1 aromatic carbocycles. The molecule has 1 N–H and O–H groups in total. The number of hydrogen-bond acceptors (Lipinski definition) is 2. The second kappa shape index (κ2) is 8.01. The fraction of sp³-hybridized carbons (Fsp3) is 0.538. The van der Waals surface area contributed by atoms with Gasteiger partial charge in [-0.3, -0.25) is 4.21 Å². The molecule has 4 heteroatoms. The molecule has 0 amide bonds. The molecule has 0 bridgehead atoms. The van der Waals surface area contributed by atoms with Gasteiger partial charge >= 0.3 is 0 Å². The standard InChI is InChI=1S/C13H20BrNOS/c1-11(15-2)7-5-6-10-17(16)13-9-4-3-8-12(13)14/h3-4,8-9,11,15H,5-7,10H2,1-2H3. The summed E-state index contributed by atoms with van der Waals surface area (Å²) in [6.45, 7) is 2.17. The molecule has 96 valence electrons. The Morgan fingerprint density at radius 1 is 1.35 bits per heavy atom. The largest absolute Gasteiger partial charge is 0.317 e. The number of hydrogen-bond donors (Lipinski definition) is 1. The predicted octanol–water partition coefficient (Wildman–Crippen LogP) is 3.33. The van der Waals surface area contributed by atoms with Gasteiger partial charge in [-0.15, -0.1) is 0 Å². The van der Waals surface area contributed by atoms with E-state index in [-0.39, 0.29) is 0 Å². The van der Waals surface area contributed by atoms with Gasteiger partial charge in [0.15, 0.2) is 0 Å². The van der Waals surface area contributed by atoms with Crippen molar-refractivity contribution in [3.63, 3.8) is 0 Å². The molecule has 0 fully saturated rings. The molecule has 0 spiro atoms. The summed E-state index contributed by atoms with van der Waals surface area (Å²) >= 11 is 3.44. The highest BCUT2D eigenvalue weighted by Crippen LogP contribution is 2.20. The number of rotatable bonds is 7. The summed E-state index contributed by atoms with van der Waals surface area (Å²) in [6.07, 6.45) is 3.28. The Balaban J connectivity index is 2.33. The number of unbranched alkanes of at least 4 members (excludes halogenated alkanes) is 1. The summed E-state index contributed by atoms with van der Waals surface area (Å²) in [5.74, 6) is 0.749. The average molecular weight is 318 g/mol. The van der Waals surface area contributed by atoms with E-state index in [2.05, 4.69) is 28.2 Å². The third kappa shape index (κ3) is 5.32. The summed E-state index contributed by atoms with van der Waals surface area (Å²) in [5, 5.41) is 3.21. The lowest BCUT2D eigenvalue weighted by atomic mass is 10.1. The zero-order valence-electron chi connectivity index (χ0n) is 10.4. The molecule has 1 aromatic rings. The van der Waals surface area contributed by atoms with E-state index >= 15 is 0 Å². The van der Waals surface area contributed by atoms with Crippen molar-refractivity contribution >= 4 is 26.7 Å². The number of benzene rings is 1. The maximum Gasteiger partial charge on any atom is 0.0541 e. The Morgan fingerprint density at radius 3 is 2.71 bits per heavy atom. The van der Waals surface area contributed by atoms with Crippen molar-refractivity contribution in [3.8, 4) is 0 Å². The molecule has 0 heterocycles. The van der Waals surface area contributed by atoms with E-state index in [1.165, 1.54) is 0 Å². The highest BCUT2D eigenvalue weighted by atomic mass is 79.9. The molecular weight excluding hydrogens is 298 g/mol. The van der Waals surface area contributed by atoms with Crippen molar-refractivity contribution in [3.05, 3.63) is 28.7 Å². The molecule has 2 atom stereocenters. The topological polar surface area (TPSA) is 29.1 Å². The third-order valence-electron chi connectivity index (χ3n) is 2.79. The molecular formula is C13H20BrNOS. The lowest BCUT2D eigenvalue weighted by molar-refractivity contribution is 0.537. The third-order valence-corrected chi connectivity index (χ3v) is 5.25. The van der Waals surface area contributed by atoms with Crippen molar-refractivity contribution in [2.45, 2.75) is 37.1 Å². The predicted molar refractivity (Wildman–Crippen MR) is 77.8 cm³/mol. The molecule has 0 aliphatic heterocycles. The van der Waals surface area contributed by atoms with Gasteiger partial charge in [-0.2, -0.15) is 0 Å². The summed E-state index contributed by atoms with van der Waals surface area (Å²) in [4.78, 5) is 0.911. The minimum Gasteiger partial charge on any atom is -0.317 e. The van der Waals surface area contributed by atoms with Crippen molar-refractivity contribution in [1.82, 2.24) is 5.32 Å². The van der Waals surface area contributed by atoms with E-state index in [4.69, 9.17) is 0 Å². The van der Waals surface area contributed by atoms with Gasteiger partial charge in [0.1, 0.15) is 0 Å². The highest BCUT2D eigenvalue weighted by molar-refractivity contribution is 9.10. The molecule has 0 aromatic heterocycles. The fourth-order valence-corrected chi connectivity index (χ4v) is 3.60. The smallest absolute Gasteiger partial charge is 0.0541 e. The van der Waals surface area contributed by atoms with Gasteiger partial charge in [0.25, 0.3) is 0 Å². The van der Waals surface area contributed by atoms with Crippen molar-refractivity contribution in [2.24, 2.45) is 0 Å². The molecule has 2 unspecified atom stereocenters. The van der Waals surface area contributed by atoms with E-state index < -0.39 is 10.8 Å². The Labute approximate surface area is 115 Å².